The van der Waals surface area contributed by atoms with Crippen LogP contribution in [0.1, 0.15) is 24.3 Å². The Labute approximate surface area is 140 Å². The minimum Gasteiger partial charge on any atom is -0.380 e. The van der Waals surface area contributed by atoms with Gasteiger partial charge in [-0.1, -0.05) is 12.1 Å². The smallest absolute Gasteiger partial charge is 0.0843 e. The van der Waals surface area contributed by atoms with Crippen molar-refractivity contribution in [1.82, 2.24) is 0 Å². The molecule has 1 heterocycles. The van der Waals surface area contributed by atoms with Gasteiger partial charge in [-0.05, 0) is 69.5 Å². The summed E-state index contributed by atoms with van der Waals surface area (Å²) >= 11 is 8.69. The Hall–Kier alpha value is -0.830. The molecule has 0 aliphatic rings. The maximum atomic E-state index is 9.12. The standard InChI is InChI=1S/C15H14Br2N2S/c1-15(2,9-18)10-3-5-11(6-4-10)19-8-12-7-13(16)14(17)20-12/h3-7,19H,8H2,1-2H3. The zero-order valence-corrected chi connectivity index (χ0v) is 15.2. The number of halogens is 2. The highest BCUT2D eigenvalue weighted by Gasteiger charge is 2.19. The Balaban J connectivity index is 2.03. The van der Waals surface area contributed by atoms with Gasteiger partial charge in [0.05, 0.1) is 15.3 Å². The normalized spacial score (nSPS) is 11.2. The number of thiophene rings is 1. The van der Waals surface area contributed by atoms with Crippen LogP contribution in [0.25, 0.3) is 0 Å². The van der Waals surface area contributed by atoms with Crippen LogP contribution in [0.5, 0.6) is 0 Å². The van der Waals surface area contributed by atoms with Gasteiger partial charge in [-0.3, -0.25) is 0 Å². The number of hydrogen-bond acceptors (Lipinski definition) is 3. The van der Waals surface area contributed by atoms with Crippen molar-refractivity contribution in [3.05, 3.63) is 49.0 Å². The lowest BCUT2D eigenvalue weighted by atomic mass is 9.86. The van der Waals surface area contributed by atoms with Crippen molar-refractivity contribution >= 4 is 48.9 Å². The van der Waals surface area contributed by atoms with Gasteiger partial charge in [0.1, 0.15) is 0 Å². The third-order valence-corrected chi connectivity index (χ3v) is 6.31. The fourth-order valence-electron chi connectivity index (χ4n) is 1.74. The fourth-order valence-corrected chi connectivity index (χ4v) is 3.85. The van der Waals surface area contributed by atoms with Gasteiger partial charge in [0.25, 0.3) is 0 Å². The molecule has 0 saturated heterocycles. The Morgan fingerprint density at radius 1 is 1.25 bits per heavy atom. The molecule has 2 rings (SSSR count). The molecule has 0 saturated carbocycles. The molecule has 104 valence electrons. The van der Waals surface area contributed by atoms with E-state index in [1.54, 1.807) is 11.3 Å². The van der Waals surface area contributed by atoms with E-state index in [4.69, 9.17) is 5.26 Å². The van der Waals surface area contributed by atoms with Gasteiger partial charge in [0.2, 0.25) is 0 Å². The van der Waals surface area contributed by atoms with Crippen LogP contribution in [0.15, 0.2) is 38.6 Å². The summed E-state index contributed by atoms with van der Waals surface area (Å²) in [7, 11) is 0. The largest absolute Gasteiger partial charge is 0.380 e. The maximum absolute atomic E-state index is 9.12. The predicted octanol–water partition coefficient (Wildman–Crippen LogP) is 5.69. The van der Waals surface area contributed by atoms with Crippen molar-refractivity contribution in [1.29, 1.82) is 5.26 Å². The topological polar surface area (TPSA) is 35.8 Å². The van der Waals surface area contributed by atoms with E-state index in [0.29, 0.717) is 0 Å². The molecule has 0 unspecified atom stereocenters. The van der Waals surface area contributed by atoms with Crippen LogP contribution < -0.4 is 5.32 Å². The third kappa shape index (κ3) is 3.63. The SMILES string of the molecule is CC(C)(C#N)c1ccc(NCc2cc(Br)c(Br)s2)cc1. The van der Waals surface area contributed by atoms with E-state index in [1.807, 2.05) is 38.1 Å². The Bertz CT molecular complexity index is 619. The summed E-state index contributed by atoms with van der Waals surface area (Å²) in [6, 6.07) is 12.5. The van der Waals surface area contributed by atoms with Crippen molar-refractivity contribution in [2.75, 3.05) is 5.32 Å². The highest BCUT2D eigenvalue weighted by Crippen LogP contribution is 2.32. The van der Waals surface area contributed by atoms with E-state index in [0.717, 1.165) is 26.1 Å². The summed E-state index contributed by atoms with van der Waals surface area (Å²) in [4.78, 5) is 1.25. The molecule has 0 spiro atoms. The molecule has 0 amide bonds. The van der Waals surface area contributed by atoms with Gasteiger partial charge < -0.3 is 5.32 Å². The minimum atomic E-state index is -0.442. The van der Waals surface area contributed by atoms with Crippen LogP contribution in [-0.4, -0.2) is 0 Å². The number of nitriles is 1. The van der Waals surface area contributed by atoms with E-state index in [2.05, 4.69) is 49.3 Å². The summed E-state index contributed by atoms with van der Waals surface area (Å²) in [6.45, 7) is 4.64. The highest BCUT2D eigenvalue weighted by molar-refractivity contribution is 9.13. The molecule has 0 radical (unpaired) electrons. The Morgan fingerprint density at radius 2 is 1.90 bits per heavy atom. The van der Waals surface area contributed by atoms with Gasteiger partial charge in [0.15, 0.2) is 0 Å². The second kappa shape index (κ2) is 6.30. The van der Waals surface area contributed by atoms with Gasteiger partial charge in [-0.25, -0.2) is 0 Å². The number of rotatable bonds is 4. The molecular formula is C15H14Br2N2S. The second-order valence-electron chi connectivity index (χ2n) is 5.00. The predicted molar refractivity (Wildman–Crippen MR) is 92.1 cm³/mol. The first kappa shape index (κ1) is 15.6. The molecule has 0 fully saturated rings. The zero-order chi connectivity index (χ0) is 14.8. The molecule has 1 aromatic heterocycles. The average Bonchev–Trinajstić information content (AvgIpc) is 2.76. The van der Waals surface area contributed by atoms with Crippen LogP contribution in [0.3, 0.4) is 0 Å². The Kier molecular flexibility index (Phi) is 4.90. The lowest BCUT2D eigenvalue weighted by Gasteiger charge is -2.16. The molecule has 2 aromatic rings. The van der Waals surface area contributed by atoms with Gasteiger partial charge >= 0.3 is 0 Å². The monoisotopic (exact) mass is 412 g/mol. The van der Waals surface area contributed by atoms with Gasteiger partial charge in [0, 0.05) is 21.6 Å². The van der Waals surface area contributed by atoms with E-state index < -0.39 is 5.41 Å². The summed E-state index contributed by atoms with van der Waals surface area (Å²) in [6.07, 6.45) is 0. The molecule has 2 nitrogen and oxygen atoms in total. The van der Waals surface area contributed by atoms with E-state index >= 15 is 0 Å². The van der Waals surface area contributed by atoms with Crippen LogP contribution in [-0.2, 0) is 12.0 Å². The summed E-state index contributed by atoms with van der Waals surface area (Å²) < 4.78 is 2.20. The molecule has 1 N–H and O–H groups in total. The van der Waals surface area contributed by atoms with Crippen LogP contribution in [0.4, 0.5) is 5.69 Å². The van der Waals surface area contributed by atoms with E-state index in [1.165, 1.54) is 4.88 Å². The van der Waals surface area contributed by atoms with Crippen molar-refractivity contribution < 1.29 is 0 Å². The van der Waals surface area contributed by atoms with E-state index in [-0.39, 0.29) is 0 Å². The maximum Gasteiger partial charge on any atom is 0.0843 e. The first-order chi connectivity index (χ1) is 9.42. The van der Waals surface area contributed by atoms with Crippen molar-refractivity contribution in [3.63, 3.8) is 0 Å². The van der Waals surface area contributed by atoms with Crippen LogP contribution in [0.2, 0.25) is 0 Å². The molecule has 0 atom stereocenters. The van der Waals surface area contributed by atoms with Crippen molar-refractivity contribution in [2.45, 2.75) is 25.8 Å². The lowest BCUT2D eigenvalue weighted by molar-refractivity contribution is 0.687. The highest BCUT2D eigenvalue weighted by atomic mass is 79.9. The number of benzene rings is 1. The van der Waals surface area contributed by atoms with Crippen molar-refractivity contribution in [2.24, 2.45) is 0 Å². The molecule has 0 aliphatic carbocycles. The Morgan fingerprint density at radius 3 is 2.40 bits per heavy atom. The second-order valence-corrected chi connectivity index (χ2v) is 8.31. The first-order valence-electron chi connectivity index (χ1n) is 6.12. The molecule has 1 aromatic carbocycles. The van der Waals surface area contributed by atoms with Gasteiger partial charge in [-0.15, -0.1) is 11.3 Å². The zero-order valence-electron chi connectivity index (χ0n) is 11.2. The number of nitrogens with one attached hydrogen (secondary N) is 1. The van der Waals surface area contributed by atoms with Gasteiger partial charge in [-0.2, -0.15) is 5.26 Å². The quantitative estimate of drug-likeness (QED) is 0.698. The first-order valence-corrected chi connectivity index (χ1v) is 8.52. The number of anilines is 1. The van der Waals surface area contributed by atoms with Crippen LogP contribution in [0, 0.1) is 11.3 Å². The van der Waals surface area contributed by atoms with E-state index in [9.17, 15) is 0 Å². The summed E-state index contributed by atoms with van der Waals surface area (Å²) in [5.41, 5.74) is 1.65. The minimum absolute atomic E-state index is 0.442. The summed E-state index contributed by atoms with van der Waals surface area (Å²) in [5.74, 6) is 0. The molecular weight excluding hydrogens is 400 g/mol. The molecule has 0 bridgehead atoms. The molecule has 20 heavy (non-hydrogen) atoms. The summed E-state index contributed by atoms with van der Waals surface area (Å²) in [5, 5.41) is 12.5. The molecule has 0 aliphatic heterocycles. The number of nitrogens with zero attached hydrogens (tertiary/aromatic N) is 1. The third-order valence-electron chi connectivity index (χ3n) is 3.05. The fraction of sp³-hybridized carbons (Fsp3) is 0.267. The lowest BCUT2D eigenvalue weighted by Crippen LogP contribution is -2.13. The number of hydrogen-bond donors (Lipinski definition) is 1. The molecule has 5 heteroatoms. The average molecular weight is 414 g/mol. The van der Waals surface area contributed by atoms with Crippen molar-refractivity contribution in [3.8, 4) is 6.07 Å². The van der Waals surface area contributed by atoms with Crippen LogP contribution >= 0.6 is 43.2 Å².